The largest absolute Gasteiger partial charge is 0.343 e. The second-order valence-electron chi connectivity index (χ2n) is 4.00. The van der Waals surface area contributed by atoms with Crippen LogP contribution in [0.15, 0.2) is 30.3 Å². The Hall–Kier alpha value is -2.50. The van der Waals surface area contributed by atoms with Gasteiger partial charge in [0.1, 0.15) is 11.2 Å². The lowest BCUT2D eigenvalue weighted by molar-refractivity contribution is -0.383. The molecule has 92 valence electrons. The molecule has 0 aliphatic carbocycles. The number of non-ortho nitro benzene ring substituents is 1. The minimum Gasteiger partial charge on any atom is -0.343 e. The van der Waals surface area contributed by atoms with E-state index in [1.807, 2.05) is 0 Å². The Kier molecular flexibility index (Phi) is 2.93. The number of fused-ring (bicyclic) bond motifs is 1. The monoisotopic (exact) mass is 245 g/mol. The summed E-state index contributed by atoms with van der Waals surface area (Å²) in [6.45, 7) is 0. The quantitative estimate of drug-likeness (QED) is 0.597. The molecule has 1 aromatic carbocycles. The van der Waals surface area contributed by atoms with Crippen molar-refractivity contribution in [2.75, 3.05) is 14.1 Å². The van der Waals surface area contributed by atoms with E-state index in [0.29, 0.717) is 5.39 Å². The predicted octanol–water partition coefficient (Wildman–Crippen LogP) is 1.84. The van der Waals surface area contributed by atoms with Gasteiger partial charge < -0.3 is 4.90 Å². The number of hydrogen-bond acceptors (Lipinski definition) is 4. The Labute approximate surface area is 103 Å². The van der Waals surface area contributed by atoms with Gasteiger partial charge in [0.15, 0.2) is 0 Å². The highest BCUT2D eigenvalue weighted by molar-refractivity contribution is 5.96. The van der Waals surface area contributed by atoms with Crippen LogP contribution in [0.25, 0.3) is 10.9 Å². The average molecular weight is 245 g/mol. The molecule has 1 aromatic heterocycles. The van der Waals surface area contributed by atoms with Crippen LogP contribution >= 0.6 is 0 Å². The maximum Gasteiger partial charge on any atom is 0.295 e. The number of benzene rings is 1. The summed E-state index contributed by atoms with van der Waals surface area (Å²) in [5.74, 6) is -0.282. The standard InChI is InChI=1S/C12H11N3O3/c1-14(2)12(16)9-7-6-8-4-3-5-10(15(17)18)11(8)13-9/h3-7H,1-2H3. The first kappa shape index (κ1) is 12.0. The molecule has 1 amide bonds. The molecule has 0 aliphatic rings. The summed E-state index contributed by atoms with van der Waals surface area (Å²) >= 11 is 0. The number of nitrogens with zero attached hydrogens (tertiary/aromatic N) is 3. The summed E-state index contributed by atoms with van der Waals surface area (Å²) < 4.78 is 0. The van der Waals surface area contributed by atoms with Crippen molar-refractivity contribution in [1.29, 1.82) is 0 Å². The number of carbonyl (C=O) groups excluding carboxylic acids is 1. The molecule has 6 heteroatoms. The summed E-state index contributed by atoms with van der Waals surface area (Å²) in [6, 6.07) is 7.91. The molecule has 2 rings (SSSR count). The Balaban J connectivity index is 2.66. The van der Waals surface area contributed by atoms with Crippen molar-refractivity contribution in [3.63, 3.8) is 0 Å². The van der Waals surface area contributed by atoms with Crippen LogP contribution in [0.2, 0.25) is 0 Å². The van der Waals surface area contributed by atoms with Gasteiger partial charge >= 0.3 is 0 Å². The van der Waals surface area contributed by atoms with Crippen LogP contribution in [0.3, 0.4) is 0 Å². The van der Waals surface area contributed by atoms with Gasteiger partial charge in [0.05, 0.1) is 4.92 Å². The lowest BCUT2D eigenvalue weighted by Crippen LogP contribution is -2.22. The number of amides is 1. The zero-order chi connectivity index (χ0) is 13.3. The van der Waals surface area contributed by atoms with Gasteiger partial charge in [0, 0.05) is 25.5 Å². The molecular formula is C12H11N3O3. The average Bonchev–Trinajstić information content (AvgIpc) is 2.36. The van der Waals surface area contributed by atoms with Crippen LogP contribution in [-0.4, -0.2) is 34.8 Å². The lowest BCUT2D eigenvalue weighted by atomic mass is 10.1. The van der Waals surface area contributed by atoms with Crippen molar-refractivity contribution in [2.24, 2.45) is 0 Å². The van der Waals surface area contributed by atoms with E-state index in [-0.39, 0.29) is 22.8 Å². The Bertz CT molecular complexity index is 638. The Morgan fingerprint density at radius 3 is 2.61 bits per heavy atom. The molecule has 1 heterocycles. The maximum absolute atomic E-state index is 11.8. The van der Waals surface area contributed by atoms with Gasteiger partial charge in [-0.15, -0.1) is 0 Å². The highest BCUT2D eigenvalue weighted by atomic mass is 16.6. The zero-order valence-corrected chi connectivity index (χ0v) is 9.95. The van der Waals surface area contributed by atoms with Crippen LogP contribution < -0.4 is 0 Å². The fraction of sp³-hybridized carbons (Fsp3) is 0.167. The minimum absolute atomic E-state index is 0.0964. The molecule has 0 saturated carbocycles. The van der Waals surface area contributed by atoms with Crippen molar-refractivity contribution < 1.29 is 9.72 Å². The van der Waals surface area contributed by atoms with Gasteiger partial charge in [-0.2, -0.15) is 0 Å². The van der Waals surface area contributed by atoms with E-state index in [9.17, 15) is 14.9 Å². The van der Waals surface area contributed by atoms with Crippen molar-refractivity contribution in [2.45, 2.75) is 0 Å². The highest BCUT2D eigenvalue weighted by Crippen LogP contribution is 2.23. The summed E-state index contributed by atoms with van der Waals surface area (Å²) in [5, 5.41) is 11.5. The molecular weight excluding hydrogens is 234 g/mol. The van der Waals surface area contributed by atoms with E-state index >= 15 is 0 Å². The summed E-state index contributed by atoms with van der Waals surface area (Å²) in [7, 11) is 3.21. The summed E-state index contributed by atoms with van der Waals surface area (Å²) in [5.41, 5.74) is 0.331. The Morgan fingerprint density at radius 2 is 2.00 bits per heavy atom. The van der Waals surface area contributed by atoms with E-state index in [1.165, 1.54) is 11.0 Å². The van der Waals surface area contributed by atoms with E-state index in [4.69, 9.17) is 0 Å². The molecule has 0 spiro atoms. The van der Waals surface area contributed by atoms with Gasteiger partial charge in [-0.3, -0.25) is 14.9 Å². The third kappa shape index (κ3) is 2.00. The van der Waals surface area contributed by atoms with Crippen molar-refractivity contribution in [1.82, 2.24) is 9.88 Å². The van der Waals surface area contributed by atoms with Crippen LogP contribution in [0.5, 0.6) is 0 Å². The molecule has 0 aliphatic heterocycles. The molecule has 0 N–H and O–H groups in total. The van der Waals surface area contributed by atoms with E-state index in [0.717, 1.165) is 0 Å². The van der Waals surface area contributed by atoms with Crippen molar-refractivity contribution in [3.05, 3.63) is 46.1 Å². The third-order valence-electron chi connectivity index (χ3n) is 2.52. The number of nitro benzene ring substituents is 1. The highest BCUT2D eigenvalue weighted by Gasteiger charge is 2.16. The second kappa shape index (κ2) is 4.40. The SMILES string of the molecule is CN(C)C(=O)c1ccc2cccc([N+](=O)[O-])c2n1. The lowest BCUT2D eigenvalue weighted by Gasteiger charge is -2.09. The van der Waals surface area contributed by atoms with Crippen LogP contribution in [0.1, 0.15) is 10.5 Å². The second-order valence-corrected chi connectivity index (χ2v) is 4.00. The number of rotatable bonds is 2. The number of pyridine rings is 1. The van der Waals surface area contributed by atoms with E-state index in [2.05, 4.69) is 4.98 Å². The number of hydrogen-bond donors (Lipinski definition) is 0. The number of para-hydroxylation sites is 1. The van der Waals surface area contributed by atoms with Gasteiger partial charge in [-0.25, -0.2) is 4.98 Å². The first-order valence-corrected chi connectivity index (χ1v) is 5.26. The molecule has 0 atom stereocenters. The third-order valence-corrected chi connectivity index (χ3v) is 2.52. The zero-order valence-electron chi connectivity index (χ0n) is 9.95. The first-order chi connectivity index (χ1) is 8.50. The van der Waals surface area contributed by atoms with Gasteiger partial charge in [-0.1, -0.05) is 18.2 Å². The van der Waals surface area contributed by atoms with Gasteiger partial charge in [0.25, 0.3) is 11.6 Å². The topological polar surface area (TPSA) is 76.3 Å². The number of aromatic nitrogens is 1. The molecule has 0 saturated heterocycles. The predicted molar refractivity (Wildman–Crippen MR) is 66.4 cm³/mol. The Morgan fingerprint density at radius 1 is 1.28 bits per heavy atom. The van der Waals surface area contributed by atoms with Crippen LogP contribution in [0, 0.1) is 10.1 Å². The maximum atomic E-state index is 11.8. The van der Waals surface area contributed by atoms with Gasteiger partial charge in [-0.05, 0) is 6.07 Å². The van der Waals surface area contributed by atoms with E-state index in [1.54, 1.807) is 38.4 Å². The number of carbonyl (C=O) groups is 1. The molecule has 0 unspecified atom stereocenters. The summed E-state index contributed by atoms with van der Waals surface area (Å²) in [4.78, 5) is 27.6. The van der Waals surface area contributed by atoms with Crippen LogP contribution in [-0.2, 0) is 0 Å². The van der Waals surface area contributed by atoms with Gasteiger partial charge in [0.2, 0.25) is 0 Å². The molecule has 0 bridgehead atoms. The fourth-order valence-corrected chi connectivity index (χ4v) is 1.63. The fourth-order valence-electron chi connectivity index (χ4n) is 1.63. The molecule has 0 radical (unpaired) electrons. The van der Waals surface area contributed by atoms with Crippen molar-refractivity contribution >= 4 is 22.5 Å². The molecule has 18 heavy (non-hydrogen) atoms. The molecule has 0 fully saturated rings. The smallest absolute Gasteiger partial charge is 0.295 e. The van der Waals surface area contributed by atoms with E-state index < -0.39 is 4.92 Å². The molecule has 6 nitrogen and oxygen atoms in total. The number of nitro groups is 1. The normalized spacial score (nSPS) is 10.3. The molecule has 2 aromatic rings. The van der Waals surface area contributed by atoms with Crippen molar-refractivity contribution in [3.8, 4) is 0 Å². The summed E-state index contributed by atoms with van der Waals surface area (Å²) in [6.07, 6.45) is 0. The minimum atomic E-state index is -0.501. The van der Waals surface area contributed by atoms with Crippen LogP contribution in [0.4, 0.5) is 5.69 Å². The first-order valence-electron chi connectivity index (χ1n) is 5.26.